The zero-order valence-corrected chi connectivity index (χ0v) is 20.8. The monoisotopic (exact) mass is 445 g/mol. The van der Waals surface area contributed by atoms with Crippen LogP contribution in [0.1, 0.15) is 97.8 Å². The second-order valence-corrected chi connectivity index (χ2v) is 13.1. The predicted molar refractivity (Wildman–Crippen MR) is 127 cm³/mol. The quantitative estimate of drug-likeness (QED) is 0.639. The van der Waals surface area contributed by atoms with E-state index in [4.69, 9.17) is 0 Å². The van der Waals surface area contributed by atoms with Gasteiger partial charge in [-0.2, -0.15) is 0 Å². The Morgan fingerprint density at radius 1 is 0.969 bits per heavy atom. The summed E-state index contributed by atoms with van der Waals surface area (Å²) in [6.07, 6.45) is 12.7. The van der Waals surface area contributed by atoms with Gasteiger partial charge in [0.1, 0.15) is 0 Å². The van der Waals surface area contributed by atoms with E-state index >= 15 is 0 Å². The lowest BCUT2D eigenvalue weighted by atomic mass is 9.43. The highest BCUT2D eigenvalue weighted by Crippen LogP contribution is 2.68. The predicted octanol–water partition coefficient (Wildman–Crippen LogP) is 5.02. The summed E-state index contributed by atoms with van der Waals surface area (Å²) in [6, 6.07) is 0. The van der Waals surface area contributed by atoms with Crippen LogP contribution in [0.15, 0.2) is 0 Å². The first-order chi connectivity index (χ1) is 15.2. The molecule has 4 saturated carbocycles. The number of hydrogen-bond acceptors (Lipinski definition) is 3. The molecule has 0 radical (unpaired) electrons. The van der Waals surface area contributed by atoms with E-state index < -0.39 is 0 Å². The summed E-state index contributed by atoms with van der Waals surface area (Å²) in [5, 5.41) is 21.7. The molecule has 1 heterocycles. The Bertz CT molecular complexity index is 705. The van der Waals surface area contributed by atoms with Gasteiger partial charge in [0.2, 0.25) is 5.91 Å². The smallest absolute Gasteiger partial charge is 0.222 e. The van der Waals surface area contributed by atoms with Crippen molar-refractivity contribution in [2.75, 3.05) is 13.1 Å². The summed E-state index contributed by atoms with van der Waals surface area (Å²) in [5.41, 5.74) is 0.617. The van der Waals surface area contributed by atoms with E-state index in [1.54, 1.807) is 0 Å². The van der Waals surface area contributed by atoms with Gasteiger partial charge in [-0.1, -0.05) is 20.8 Å². The van der Waals surface area contributed by atoms with E-state index in [0.29, 0.717) is 52.2 Å². The van der Waals surface area contributed by atoms with Gasteiger partial charge in [-0.3, -0.25) is 4.79 Å². The maximum absolute atomic E-state index is 12.6. The summed E-state index contributed by atoms with van der Waals surface area (Å²) in [6.45, 7) is 9.37. The van der Waals surface area contributed by atoms with Crippen LogP contribution in [0.25, 0.3) is 0 Å². The molecule has 5 fully saturated rings. The summed E-state index contributed by atoms with van der Waals surface area (Å²) in [7, 11) is 0. The average Bonchev–Trinajstić information content (AvgIpc) is 3.41. The Morgan fingerprint density at radius 2 is 1.66 bits per heavy atom. The van der Waals surface area contributed by atoms with Crippen molar-refractivity contribution in [1.82, 2.24) is 4.90 Å². The number of rotatable bonds is 4. The van der Waals surface area contributed by atoms with E-state index in [0.717, 1.165) is 51.6 Å². The standard InChI is InChI=1S/C28H47NO3/c1-18(6-9-25(32)29-14-4-5-15-29)21-7-8-22-26-23(11-13-28(21,22)3)27(2)12-10-20(30)16-19(27)17-24(26)31/h18-24,26,30-31H,4-17H2,1-3H3. The van der Waals surface area contributed by atoms with Crippen molar-refractivity contribution in [1.29, 1.82) is 0 Å². The lowest BCUT2D eigenvalue weighted by Crippen LogP contribution is -2.58. The molecule has 0 bridgehead atoms. The minimum atomic E-state index is -0.196. The van der Waals surface area contributed by atoms with Crippen molar-refractivity contribution in [3.05, 3.63) is 0 Å². The normalized spacial score (nSPS) is 49.3. The van der Waals surface area contributed by atoms with E-state index in [1.165, 1.54) is 38.5 Å². The zero-order chi connectivity index (χ0) is 22.7. The number of likely N-dealkylation sites (tertiary alicyclic amines) is 1. The van der Waals surface area contributed by atoms with Crippen LogP contribution in [-0.2, 0) is 4.79 Å². The molecule has 0 aromatic heterocycles. The highest BCUT2D eigenvalue weighted by Gasteiger charge is 2.62. The molecule has 182 valence electrons. The van der Waals surface area contributed by atoms with Crippen LogP contribution in [0, 0.1) is 46.3 Å². The molecule has 4 heteroatoms. The molecule has 5 aliphatic rings. The largest absolute Gasteiger partial charge is 0.393 e. The molecule has 0 spiro atoms. The molecule has 1 amide bonds. The van der Waals surface area contributed by atoms with E-state index in [9.17, 15) is 15.0 Å². The highest BCUT2D eigenvalue weighted by molar-refractivity contribution is 5.76. The van der Waals surface area contributed by atoms with Gasteiger partial charge in [0.15, 0.2) is 0 Å². The summed E-state index contributed by atoms with van der Waals surface area (Å²) >= 11 is 0. The SMILES string of the molecule is CC(CCC(=O)N1CCCC1)C1CCC2C3C(O)CC4CC(O)CCC4(C)C3CCC12C. The van der Waals surface area contributed by atoms with E-state index in [1.807, 2.05) is 0 Å². The summed E-state index contributed by atoms with van der Waals surface area (Å²) < 4.78 is 0. The Balaban J connectivity index is 1.28. The summed E-state index contributed by atoms with van der Waals surface area (Å²) in [4.78, 5) is 14.7. The molecule has 0 aromatic rings. The minimum absolute atomic E-state index is 0.161. The van der Waals surface area contributed by atoms with E-state index in [2.05, 4.69) is 25.7 Å². The fourth-order valence-corrected chi connectivity index (χ4v) is 9.85. The van der Waals surface area contributed by atoms with Gasteiger partial charge in [-0.25, -0.2) is 0 Å². The molecular weight excluding hydrogens is 398 g/mol. The van der Waals surface area contributed by atoms with Crippen LogP contribution in [0.3, 0.4) is 0 Å². The number of aliphatic hydroxyl groups excluding tert-OH is 2. The fraction of sp³-hybridized carbons (Fsp3) is 0.964. The number of fused-ring (bicyclic) bond motifs is 5. The second-order valence-electron chi connectivity index (χ2n) is 13.1. The molecule has 4 aliphatic carbocycles. The number of carbonyl (C=O) groups is 1. The molecule has 32 heavy (non-hydrogen) atoms. The second kappa shape index (κ2) is 8.56. The number of carbonyl (C=O) groups excluding carboxylic acids is 1. The van der Waals surface area contributed by atoms with Crippen molar-refractivity contribution >= 4 is 5.91 Å². The Hall–Kier alpha value is -0.610. The third kappa shape index (κ3) is 3.67. The van der Waals surface area contributed by atoms with E-state index in [-0.39, 0.29) is 12.2 Å². The molecule has 10 unspecified atom stereocenters. The lowest BCUT2D eigenvalue weighted by Gasteiger charge is -2.62. The van der Waals surface area contributed by atoms with Gasteiger partial charge in [0, 0.05) is 19.5 Å². The van der Waals surface area contributed by atoms with Crippen LogP contribution < -0.4 is 0 Å². The van der Waals surface area contributed by atoms with Gasteiger partial charge in [0.05, 0.1) is 12.2 Å². The van der Waals surface area contributed by atoms with Crippen LogP contribution in [0.5, 0.6) is 0 Å². The molecular formula is C28H47NO3. The third-order valence-electron chi connectivity index (χ3n) is 11.7. The number of amides is 1. The first-order valence-electron chi connectivity index (χ1n) is 13.9. The van der Waals surface area contributed by atoms with Gasteiger partial charge in [-0.05, 0) is 117 Å². The number of nitrogens with zero attached hydrogens (tertiary/aromatic N) is 1. The molecule has 1 saturated heterocycles. The van der Waals surface area contributed by atoms with Crippen molar-refractivity contribution in [2.24, 2.45) is 46.3 Å². The van der Waals surface area contributed by atoms with Crippen molar-refractivity contribution in [3.63, 3.8) is 0 Å². The van der Waals surface area contributed by atoms with Crippen LogP contribution >= 0.6 is 0 Å². The van der Waals surface area contributed by atoms with Crippen molar-refractivity contribution in [3.8, 4) is 0 Å². The summed E-state index contributed by atoms with van der Waals surface area (Å²) in [5.74, 6) is 3.81. The lowest BCUT2D eigenvalue weighted by molar-refractivity contribution is -0.174. The van der Waals surface area contributed by atoms with Crippen molar-refractivity contribution in [2.45, 2.75) is 110 Å². The highest BCUT2D eigenvalue weighted by atomic mass is 16.3. The van der Waals surface area contributed by atoms with Gasteiger partial charge in [-0.15, -0.1) is 0 Å². The maximum Gasteiger partial charge on any atom is 0.222 e. The maximum atomic E-state index is 12.6. The first-order valence-corrected chi connectivity index (χ1v) is 13.9. The van der Waals surface area contributed by atoms with Crippen molar-refractivity contribution < 1.29 is 15.0 Å². The first kappa shape index (κ1) is 23.1. The molecule has 0 aromatic carbocycles. The topological polar surface area (TPSA) is 60.8 Å². The van der Waals surface area contributed by atoms with Crippen LogP contribution in [0.4, 0.5) is 0 Å². The van der Waals surface area contributed by atoms with Gasteiger partial charge in [0.25, 0.3) is 0 Å². The van der Waals surface area contributed by atoms with Crippen LogP contribution in [-0.4, -0.2) is 46.3 Å². The zero-order valence-electron chi connectivity index (χ0n) is 20.8. The molecule has 4 nitrogen and oxygen atoms in total. The molecule has 2 N–H and O–H groups in total. The molecule has 5 rings (SSSR count). The minimum Gasteiger partial charge on any atom is -0.393 e. The number of hydrogen-bond donors (Lipinski definition) is 2. The third-order valence-corrected chi connectivity index (χ3v) is 11.7. The molecule has 1 aliphatic heterocycles. The Kier molecular flexibility index (Phi) is 6.19. The van der Waals surface area contributed by atoms with Gasteiger partial charge >= 0.3 is 0 Å². The van der Waals surface area contributed by atoms with Crippen LogP contribution in [0.2, 0.25) is 0 Å². The Morgan fingerprint density at radius 3 is 2.41 bits per heavy atom. The Labute approximate surface area is 195 Å². The number of aliphatic hydroxyl groups is 2. The molecule has 10 atom stereocenters. The average molecular weight is 446 g/mol. The fourth-order valence-electron chi connectivity index (χ4n) is 9.85. The van der Waals surface area contributed by atoms with Gasteiger partial charge < -0.3 is 15.1 Å².